The number of rotatable bonds is 4. The molecule has 3 heteroatoms. The van der Waals surface area contributed by atoms with Gasteiger partial charge in [0.2, 0.25) is 0 Å². The molecule has 112 valence electrons. The van der Waals surface area contributed by atoms with E-state index in [4.69, 9.17) is 0 Å². The van der Waals surface area contributed by atoms with Crippen molar-refractivity contribution in [2.45, 2.75) is 45.7 Å². The Hall–Kier alpha value is -0.930. The maximum Gasteiger partial charge on any atom is 0.123 e. The molecule has 1 aromatic carbocycles. The Labute approximate surface area is 122 Å². The van der Waals surface area contributed by atoms with Crippen LogP contribution < -0.4 is 5.32 Å². The molecule has 1 N–H and O–H groups in total. The van der Waals surface area contributed by atoms with Gasteiger partial charge in [0.05, 0.1) is 0 Å². The molecule has 1 aromatic rings. The lowest BCUT2D eigenvalue weighted by molar-refractivity contribution is 0.248. The smallest absolute Gasteiger partial charge is 0.123 e. The minimum Gasteiger partial charge on any atom is -0.312 e. The van der Waals surface area contributed by atoms with Crippen LogP contribution in [0.3, 0.4) is 0 Å². The molecule has 0 aromatic heterocycles. The molecular weight excluding hydrogens is 251 g/mol. The topological polar surface area (TPSA) is 15.3 Å². The van der Waals surface area contributed by atoms with Crippen LogP contribution in [0.1, 0.15) is 45.7 Å². The first-order valence-corrected chi connectivity index (χ1v) is 7.60. The summed E-state index contributed by atoms with van der Waals surface area (Å²) in [6.07, 6.45) is 1.24. The Morgan fingerprint density at radius 2 is 1.95 bits per heavy atom. The summed E-state index contributed by atoms with van der Waals surface area (Å²) in [6.45, 7) is 12.2. The van der Waals surface area contributed by atoms with Crippen LogP contribution in [-0.2, 0) is 0 Å². The highest BCUT2D eigenvalue weighted by Crippen LogP contribution is 2.27. The first-order valence-electron chi connectivity index (χ1n) is 7.60. The lowest BCUT2D eigenvalue weighted by Gasteiger charge is -2.26. The van der Waals surface area contributed by atoms with Gasteiger partial charge < -0.3 is 5.32 Å². The molecule has 2 nitrogen and oxygen atoms in total. The number of likely N-dealkylation sites (tertiary alicyclic amines) is 1. The molecule has 0 saturated carbocycles. The second-order valence-electron chi connectivity index (χ2n) is 7.01. The molecular formula is C17H27FN2. The molecule has 1 aliphatic heterocycles. The number of hydrogen-bond acceptors (Lipinski definition) is 2. The van der Waals surface area contributed by atoms with Crippen LogP contribution in [0.5, 0.6) is 0 Å². The third kappa shape index (κ3) is 4.29. The Balaban J connectivity index is 1.87. The number of benzene rings is 1. The molecule has 2 unspecified atom stereocenters. The molecule has 0 radical (unpaired) electrons. The molecule has 0 bridgehead atoms. The molecule has 1 fully saturated rings. The van der Waals surface area contributed by atoms with Crippen molar-refractivity contribution < 1.29 is 4.39 Å². The zero-order valence-electron chi connectivity index (χ0n) is 13.1. The van der Waals surface area contributed by atoms with Crippen molar-refractivity contribution in [1.29, 1.82) is 0 Å². The molecule has 0 spiro atoms. The van der Waals surface area contributed by atoms with Crippen molar-refractivity contribution >= 4 is 0 Å². The van der Waals surface area contributed by atoms with Crippen molar-refractivity contribution in [3.63, 3.8) is 0 Å². The van der Waals surface area contributed by atoms with Gasteiger partial charge in [-0.1, -0.05) is 12.1 Å². The normalized spacial score (nSPS) is 22.1. The van der Waals surface area contributed by atoms with Crippen molar-refractivity contribution in [2.24, 2.45) is 5.92 Å². The molecule has 20 heavy (non-hydrogen) atoms. The maximum atomic E-state index is 13.0. The van der Waals surface area contributed by atoms with E-state index in [2.05, 4.69) is 37.9 Å². The van der Waals surface area contributed by atoms with Gasteiger partial charge >= 0.3 is 0 Å². The van der Waals surface area contributed by atoms with E-state index in [1.807, 2.05) is 12.1 Å². The van der Waals surface area contributed by atoms with Crippen molar-refractivity contribution in [1.82, 2.24) is 10.2 Å². The van der Waals surface area contributed by atoms with Gasteiger partial charge in [0.25, 0.3) is 0 Å². The van der Waals surface area contributed by atoms with E-state index in [-0.39, 0.29) is 11.4 Å². The summed E-state index contributed by atoms with van der Waals surface area (Å²) in [5.74, 6) is 0.562. The zero-order chi connectivity index (χ0) is 14.8. The summed E-state index contributed by atoms with van der Waals surface area (Å²) < 4.78 is 13.0. The number of halogens is 1. The summed E-state index contributed by atoms with van der Waals surface area (Å²) in [5, 5.41) is 3.59. The molecule has 1 saturated heterocycles. The average Bonchev–Trinajstić information content (AvgIpc) is 2.84. The van der Waals surface area contributed by atoms with E-state index in [1.165, 1.54) is 12.0 Å². The largest absolute Gasteiger partial charge is 0.312 e. The Bertz CT molecular complexity index is 422. The lowest BCUT2D eigenvalue weighted by atomic mass is 10.0. The Kier molecular flexibility index (Phi) is 4.82. The lowest BCUT2D eigenvalue weighted by Crippen LogP contribution is -2.39. The van der Waals surface area contributed by atoms with E-state index < -0.39 is 0 Å². The summed E-state index contributed by atoms with van der Waals surface area (Å²) >= 11 is 0. The van der Waals surface area contributed by atoms with Gasteiger partial charge in [-0.25, -0.2) is 4.39 Å². The summed E-state index contributed by atoms with van der Waals surface area (Å²) in [6, 6.07) is 7.29. The van der Waals surface area contributed by atoms with Gasteiger partial charge in [0.1, 0.15) is 5.82 Å². The summed E-state index contributed by atoms with van der Waals surface area (Å²) in [4.78, 5) is 2.50. The third-order valence-electron chi connectivity index (χ3n) is 4.14. The number of hydrogen-bond donors (Lipinski definition) is 1. The number of nitrogens with zero attached hydrogens (tertiary/aromatic N) is 1. The van der Waals surface area contributed by atoms with Gasteiger partial charge in [0, 0.05) is 18.1 Å². The van der Waals surface area contributed by atoms with Crippen LogP contribution >= 0.6 is 0 Å². The average molecular weight is 278 g/mol. The fourth-order valence-corrected chi connectivity index (χ4v) is 2.78. The second kappa shape index (κ2) is 6.23. The SMILES string of the molecule is CC(c1ccc(F)cc1)N1CCC(CNC(C)(C)C)C1. The highest BCUT2D eigenvalue weighted by atomic mass is 19.1. The van der Waals surface area contributed by atoms with E-state index >= 15 is 0 Å². The van der Waals surface area contributed by atoms with Crippen molar-refractivity contribution in [3.8, 4) is 0 Å². The fraction of sp³-hybridized carbons (Fsp3) is 0.647. The first kappa shape index (κ1) is 15.5. The maximum absolute atomic E-state index is 13.0. The van der Waals surface area contributed by atoms with E-state index in [0.717, 1.165) is 25.6 Å². The molecule has 0 aliphatic carbocycles. The molecule has 1 aliphatic rings. The first-order chi connectivity index (χ1) is 9.35. The van der Waals surface area contributed by atoms with E-state index in [1.54, 1.807) is 12.1 Å². The highest BCUT2D eigenvalue weighted by Gasteiger charge is 2.27. The van der Waals surface area contributed by atoms with Gasteiger partial charge in [0.15, 0.2) is 0 Å². The Morgan fingerprint density at radius 3 is 2.55 bits per heavy atom. The Morgan fingerprint density at radius 1 is 1.30 bits per heavy atom. The van der Waals surface area contributed by atoms with Crippen molar-refractivity contribution in [2.75, 3.05) is 19.6 Å². The van der Waals surface area contributed by atoms with Crippen molar-refractivity contribution in [3.05, 3.63) is 35.6 Å². The van der Waals surface area contributed by atoms with Gasteiger partial charge in [-0.05, 0) is 70.8 Å². The summed E-state index contributed by atoms with van der Waals surface area (Å²) in [5.41, 5.74) is 1.39. The quantitative estimate of drug-likeness (QED) is 0.905. The fourth-order valence-electron chi connectivity index (χ4n) is 2.78. The molecule has 1 heterocycles. The standard InChI is InChI=1S/C17H27FN2/c1-13(15-5-7-16(18)8-6-15)20-10-9-14(12-20)11-19-17(2,3)4/h5-8,13-14,19H,9-12H2,1-4H3. The van der Waals surface area contributed by atoms with Crippen LogP contribution in [0.4, 0.5) is 4.39 Å². The van der Waals surface area contributed by atoms with E-state index in [9.17, 15) is 4.39 Å². The van der Waals surface area contributed by atoms with Crippen LogP contribution in [0.2, 0.25) is 0 Å². The highest BCUT2D eigenvalue weighted by molar-refractivity contribution is 5.19. The monoisotopic (exact) mass is 278 g/mol. The van der Waals surface area contributed by atoms with Gasteiger partial charge in [-0.15, -0.1) is 0 Å². The predicted octanol–water partition coefficient (Wildman–Crippen LogP) is 3.60. The molecule has 2 atom stereocenters. The minimum absolute atomic E-state index is 0.158. The summed E-state index contributed by atoms with van der Waals surface area (Å²) in [7, 11) is 0. The zero-order valence-corrected chi connectivity index (χ0v) is 13.1. The van der Waals surface area contributed by atoms with Gasteiger partial charge in [-0.3, -0.25) is 4.90 Å². The van der Waals surface area contributed by atoms with Gasteiger partial charge in [-0.2, -0.15) is 0 Å². The van der Waals surface area contributed by atoms with Crippen LogP contribution in [0, 0.1) is 11.7 Å². The molecule has 0 amide bonds. The predicted molar refractivity (Wildman–Crippen MR) is 82.3 cm³/mol. The van der Waals surface area contributed by atoms with Crippen LogP contribution in [-0.4, -0.2) is 30.1 Å². The minimum atomic E-state index is -0.158. The van der Waals surface area contributed by atoms with Crippen LogP contribution in [0.15, 0.2) is 24.3 Å². The third-order valence-corrected chi connectivity index (χ3v) is 4.14. The van der Waals surface area contributed by atoms with Crippen LogP contribution in [0.25, 0.3) is 0 Å². The number of nitrogens with one attached hydrogen (secondary N) is 1. The molecule has 2 rings (SSSR count). The second-order valence-corrected chi connectivity index (χ2v) is 7.01. The van der Waals surface area contributed by atoms with E-state index in [0.29, 0.717) is 6.04 Å².